The standard InChI is InChI=1S/C13H10F2N2O/c1-8-2-4-11(10(14)6-8)17-13(18)9-3-5-12(15)16-7-9/h2-7H,1H3,(H,17,18). The number of nitrogens with zero attached hydrogens (tertiary/aromatic N) is 1. The molecule has 1 aromatic heterocycles. The van der Waals surface area contributed by atoms with Gasteiger partial charge < -0.3 is 5.32 Å². The Hall–Kier alpha value is -2.30. The van der Waals surface area contributed by atoms with Crippen LogP contribution in [-0.4, -0.2) is 10.9 Å². The first-order valence-electron chi connectivity index (χ1n) is 5.25. The number of hydrogen-bond donors (Lipinski definition) is 1. The molecule has 0 aliphatic carbocycles. The Labute approximate surface area is 102 Å². The molecule has 0 aliphatic rings. The van der Waals surface area contributed by atoms with Gasteiger partial charge in [0.25, 0.3) is 5.91 Å². The minimum absolute atomic E-state index is 0.0786. The predicted octanol–water partition coefficient (Wildman–Crippen LogP) is 2.92. The van der Waals surface area contributed by atoms with Crippen LogP contribution in [0.3, 0.4) is 0 Å². The number of halogens is 2. The van der Waals surface area contributed by atoms with Crippen molar-refractivity contribution >= 4 is 11.6 Å². The summed E-state index contributed by atoms with van der Waals surface area (Å²) in [5.74, 6) is -1.73. The van der Waals surface area contributed by atoms with Crippen molar-refractivity contribution in [2.45, 2.75) is 6.92 Å². The lowest BCUT2D eigenvalue weighted by molar-refractivity contribution is 0.102. The smallest absolute Gasteiger partial charge is 0.257 e. The molecule has 5 heteroatoms. The van der Waals surface area contributed by atoms with Crippen LogP contribution in [0.25, 0.3) is 0 Å². The van der Waals surface area contributed by atoms with Gasteiger partial charge in [-0.15, -0.1) is 0 Å². The van der Waals surface area contributed by atoms with Gasteiger partial charge in [-0.25, -0.2) is 9.37 Å². The first kappa shape index (κ1) is 12.2. The summed E-state index contributed by atoms with van der Waals surface area (Å²) in [5.41, 5.74) is 1.00. The van der Waals surface area contributed by atoms with E-state index in [2.05, 4.69) is 10.3 Å². The highest BCUT2D eigenvalue weighted by molar-refractivity contribution is 6.04. The predicted molar refractivity (Wildman–Crippen MR) is 63.3 cm³/mol. The molecule has 0 fully saturated rings. The number of anilines is 1. The van der Waals surface area contributed by atoms with Crippen LogP contribution in [0.1, 0.15) is 15.9 Å². The van der Waals surface area contributed by atoms with Crippen molar-refractivity contribution in [3.05, 3.63) is 59.4 Å². The van der Waals surface area contributed by atoms with Gasteiger partial charge in [0.2, 0.25) is 5.95 Å². The quantitative estimate of drug-likeness (QED) is 0.830. The molecule has 0 saturated heterocycles. The summed E-state index contributed by atoms with van der Waals surface area (Å²) < 4.78 is 26.1. The third-order valence-corrected chi connectivity index (χ3v) is 2.36. The van der Waals surface area contributed by atoms with Crippen molar-refractivity contribution in [2.24, 2.45) is 0 Å². The van der Waals surface area contributed by atoms with Gasteiger partial charge in [0.1, 0.15) is 5.82 Å². The van der Waals surface area contributed by atoms with E-state index in [0.29, 0.717) is 0 Å². The number of nitrogens with one attached hydrogen (secondary N) is 1. The van der Waals surface area contributed by atoms with Crippen molar-refractivity contribution in [3.63, 3.8) is 0 Å². The van der Waals surface area contributed by atoms with Crippen LogP contribution in [0.5, 0.6) is 0 Å². The maximum atomic E-state index is 13.5. The second-order valence-corrected chi connectivity index (χ2v) is 3.81. The van der Waals surface area contributed by atoms with Crippen molar-refractivity contribution in [2.75, 3.05) is 5.32 Å². The summed E-state index contributed by atoms with van der Waals surface area (Å²) >= 11 is 0. The summed E-state index contributed by atoms with van der Waals surface area (Å²) in [6, 6.07) is 6.82. The van der Waals surface area contributed by atoms with Gasteiger partial charge in [-0.2, -0.15) is 4.39 Å². The maximum Gasteiger partial charge on any atom is 0.257 e. The zero-order valence-electron chi connectivity index (χ0n) is 9.58. The second kappa shape index (κ2) is 4.91. The Balaban J connectivity index is 2.18. The van der Waals surface area contributed by atoms with E-state index in [1.165, 1.54) is 18.2 Å². The number of hydrogen-bond acceptors (Lipinski definition) is 2. The SMILES string of the molecule is Cc1ccc(NC(=O)c2ccc(F)nc2)c(F)c1. The van der Waals surface area contributed by atoms with Gasteiger partial charge in [0, 0.05) is 6.20 Å². The monoisotopic (exact) mass is 248 g/mol. The van der Waals surface area contributed by atoms with Crippen molar-refractivity contribution < 1.29 is 13.6 Å². The van der Waals surface area contributed by atoms with Crippen LogP contribution in [0.15, 0.2) is 36.5 Å². The van der Waals surface area contributed by atoms with Gasteiger partial charge in [-0.05, 0) is 36.8 Å². The average Bonchev–Trinajstić information content (AvgIpc) is 2.33. The highest BCUT2D eigenvalue weighted by atomic mass is 19.1. The number of aryl methyl sites for hydroxylation is 1. The van der Waals surface area contributed by atoms with Crippen molar-refractivity contribution in [1.82, 2.24) is 4.98 Å². The fourth-order valence-electron chi connectivity index (χ4n) is 1.43. The highest BCUT2D eigenvalue weighted by Gasteiger charge is 2.09. The van der Waals surface area contributed by atoms with E-state index in [4.69, 9.17) is 0 Å². The zero-order chi connectivity index (χ0) is 13.1. The number of benzene rings is 1. The molecule has 3 nitrogen and oxygen atoms in total. The second-order valence-electron chi connectivity index (χ2n) is 3.81. The van der Waals surface area contributed by atoms with Crippen molar-refractivity contribution in [3.8, 4) is 0 Å². The van der Waals surface area contributed by atoms with Crippen LogP contribution in [-0.2, 0) is 0 Å². The van der Waals surface area contributed by atoms with E-state index in [0.717, 1.165) is 17.8 Å². The molecule has 92 valence electrons. The van der Waals surface area contributed by atoms with E-state index < -0.39 is 17.7 Å². The molecule has 18 heavy (non-hydrogen) atoms. The van der Waals surface area contributed by atoms with Crippen LogP contribution >= 0.6 is 0 Å². The van der Waals surface area contributed by atoms with Crippen LogP contribution in [0, 0.1) is 18.7 Å². The summed E-state index contributed by atoms with van der Waals surface area (Å²) in [4.78, 5) is 15.1. The van der Waals surface area contributed by atoms with Gasteiger partial charge >= 0.3 is 0 Å². The summed E-state index contributed by atoms with van der Waals surface area (Å²) in [6.07, 6.45) is 1.09. The Kier molecular flexibility index (Phi) is 3.32. The number of rotatable bonds is 2. The van der Waals surface area contributed by atoms with E-state index in [-0.39, 0.29) is 11.3 Å². The van der Waals surface area contributed by atoms with E-state index in [1.807, 2.05) is 0 Å². The topological polar surface area (TPSA) is 42.0 Å². The Morgan fingerprint density at radius 3 is 2.61 bits per heavy atom. The lowest BCUT2D eigenvalue weighted by Crippen LogP contribution is -2.13. The molecule has 1 heterocycles. The molecule has 2 aromatic rings. The molecular weight excluding hydrogens is 238 g/mol. The average molecular weight is 248 g/mol. The number of pyridine rings is 1. The molecule has 0 atom stereocenters. The minimum atomic E-state index is -0.673. The number of carbonyl (C=O) groups is 1. The summed E-state index contributed by atoms with van der Waals surface area (Å²) in [5, 5.41) is 2.40. The third kappa shape index (κ3) is 2.68. The van der Waals surface area contributed by atoms with Gasteiger partial charge in [-0.3, -0.25) is 4.79 Å². The first-order chi connectivity index (χ1) is 8.56. The number of aromatic nitrogens is 1. The van der Waals surface area contributed by atoms with Gasteiger partial charge in [0.05, 0.1) is 11.3 Å². The number of carbonyl (C=O) groups excluding carboxylic acids is 1. The van der Waals surface area contributed by atoms with Crippen molar-refractivity contribution in [1.29, 1.82) is 0 Å². The lowest BCUT2D eigenvalue weighted by atomic mass is 10.2. The zero-order valence-corrected chi connectivity index (χ0v) is 9.58. The molecule has 0 radical (unpaired) electrons. The van der Waals surface area contributed by atoms with Crippen LogP contribution in [0.4, 0.5) is 14.5 Å². The Bertz CT molecular complexity index is 582. The largest absolute Gasteiger partial charge is 0.319 e. The molecule has 1 aromatic carbocycles. The van der Waals surface area contributed by atoms with Gasteiger partial charge in [0.15, 0.2) is 0 Å². The van der Waals surface area contributed by atoms with Crippen LogP contribution in [0.2, 0.25) is 0 Å². The fraction of sp³-hybridized carbons (Fsp3) is 0.0769. The molecule has 0 spiro atoms. The molecule has 0 saturated carbocycles. The Morgan fingerprint density at radius 2 is 2.00 bits per heavy atom. The molecule has 0 unspecified atom stereocenters. The first-order valence-corrected chi connectivity index (χ1v) is 5.25. The Morgan fingerprint density at radius 1 is 1.22 bits per heavy atom. The third-order valence-electron chi connectivity index (χ3n) is 2.36. The maximum absolute atomic E-state index is 13.5. The molecule has 0 bridgehead atoms. The molecule has 2 rings (SSSR count). The number of amides is 1. The van der Waals surface area contributed by atoms with E-state index >= 15 is 0 Å². The summed E-state index contributed by atoms with van der Waals surface area (Å²) in [6.45, 7) is 1.75. The normalized spacial score (nSPS) is 10.2. The summed E-state index contributed by atoms with van der Waals surface area (Å²) in [7, 11) is 0. The molecule has 1 amide bonds. The lowest BCUT2D eigenvalue weighted by Gasteiger charge is -2.06. The minimum Gasteiger partial charge on any atom is -0.319 e. The highest BCUT2D eigenvalue weighted by Crippen LogP contribution is 2.16. The molecule has 0 aliphatic heterocycles. The van der Waals surface area contributed by atoms with E-state index in [1.54, 1.807) is 13.0 Å². The van der Waals surface area contributed by atoms with E-state index in [9.17, 15) is 13.6 Å². The molecule has 1 N–H and O–H groups in total. The van der Waals surface area contributed by atoms with Crippen LogP contribution < -0.4 is 5.32 Å². The molecular formula is C13H10F2N2O. The van der Waals surface area contributed by atoms with Gasteiger partial charge in [-0.1, -0.05) is 6.07 Å². The fourth-order valence-corrected chi connectivity index (χ4v) is 1.43.